The topological polar surface area (TPSA) is 79.3 Å². The van der Waals surface area contributed by atoms with Gasteiger partial charge < -0.3 is 10.4 Å². The summed E-state index contributed by atoms with van der Waals surface area (Å²) < 4.78 is 0. The number of carbonyl (C=O) groups is 2. The number of hydrogen-bond donors (Lipinski definition) is 2. The second-order valence-electron chi connectivity index (χ2n) is 5.29. The molecule has 2 rings (SSSR count). The lowest BCUT2D eigenvalue weighted by Crippen LogP contribution is -2.25. The normalized spacial score (nSPS) is 15.2. The third-order valence-corrected chi connectivity index (χ3v) is 3.79. The molecule has 0 spiro atoms. The standard InChI is InChI=1S/C15H20N2O3/c18-14(12-7-8-13(15(19)20)17-10-12)16-9-3-6-11-4-1-2-5-11/h7-8,10-11H,1-6,9H2,(H,16,18)(H,19,20). The molecule has 0 bridgehead atoms. The van der Waals surface area contributed by atoms with E-state index in [-0.39, 0.29) is 11.6 Å². The first-order valence-electron chi connectivity index (χ1n) is 7.14. The van der Waals surface area contributed by atoms with Crippen LogP contribution >= 0.6 is 0 Å². The average Bonchev–Trinajstić information content (AvgIpc) is 2.96. The van der Waals surface area contributed by atoms with Gasteiger partial charge in [-0.15, -0.1) is 0 Å². The molecule has 1 aromatic heterocycles. The molecule has 1 aliphatic carbocycles. The van der Waals surface area contributed by atoms with Gasteiger partial charge in [-0.25, -0.2) is 9.78 Å². The summed E-state index contributed by atoms with van der Waals surface area (Å²) in [6.45, 7) is 0.663. The number of aromatic nitrogens is 1. The first kappa shape index (κ1) is 14.5. The Balaban J connectivity index is 1.72. The van der Waals surface area contributed by atoms with Crippen molar-refractivity contribution >= 4 is 11.9 Å². The molecule has 0 atom stereocenters. The van der Waals surface area contributed by atoms with Gasteiger partial charge in [-0.1, -0.05) is 25.7 Å². The van der Waals surface area contributed by atoms with Crippen LogP contribution in [0, 0.1) is 5.92 Å². The molecular formula is C15H20N2O3. The van der Waals surface area contributed by atoms with Gasteiger partial charge in [0.2, 0.25) is 0 Å². The fourth-order valence-corrected chi connectivity index (χ4v) is 2.65. The zero-order valence-electron chi connectivity index (χ0n) is 11.5. The molecule has 108 valence electrons. The number of rotatable bonds is 6. The summed E-state index contributed by atoms with van der Waals surface area (Å²) in [6.07, 6.45) is 8.82. The molecule has 1 amide bonds. The summed E-state index contributed by atoms with van der Waals surface area (Å²) in [4.78, 5) is 26.2. The van der Waals surface area contributed by atoms with Crippen LogP contribution in [0.4, 0.5) is 0 Å². The minimum absolute atomic E-state index is 0.0530. The van der Waals surface area contributed by atoms with Crippen LogP contribution < -0.4 is 5.32 Å². The quantitative estimate of drug-likeness (QED) is 0.782. The van der Waals surface area contributed by atoms with Crippen LogP contribution in [-0.4, -0.2) is 28.5 Å². The van der Waals surface area contributed by atoms with Crippen molar-refractivity contribution in [3.8, 4) is 0 Å². The summed E-state index contributed by atoms with van der Waals surface area (Å²) in [5, 5.41) is 11.6. The van der Waals surface area contributed by atoms with Gasteiger partial charge in [0.05, 0.1) is 5.56 Å². The van der Waals surface area contributed by atoms with E-state index >= 15 is 0 Å². The highest BCUT2D eigenvalue weighted by Gasteiger charge is 2.14. The molecular weight excluding hydrogens is 256 g/mol. The van der Waals surface area contributed by atoms with Gasteiger partial charge in [-0.2, -0.15) is 0 Å². The van der Waals surface area contributed by atoms with Crippen LogP contribution in [-0.2, 0) is 0 Å². The third-order valence-electron chi connectivity index (χ3n) is 3.79. The number of carboxylic acids is 1. The van der Waals surface area contributed by atoms with Gasteiger partial charge in [-0.05, 0) is 30.9 Å². The maximum Gasteiger partial charge on any atom is 0.354 e. The fourth-order valence-electron chi connectivity index (χ4n) is 2.65. The monoisotopic (exact) mass is 276 g/mol. The summed E-state index contributed by atoms with van der Waals surface area (Å²) in [6, 6.07) is 2.83. The third kappa shape index (κ3) is 4.05. The predicted molar refractivity (Wildman–Crippen MR) is 74.7 cm³/mol. The van der Waals surface area contributed by atoms with Crippen LogP contribution in [0.5, 0.6) is 0 Å². The Morgan fingerprint density at radius 2 is 2.05 bits per heavy atom. The highest BCUT2D eigenvalue weighted by Crippen LogP contribution is 2.28. The predicted octanol–water partition coefficient (Wildman–Crippen LogP) is 2.48. The molecule has 1 aliphatic rings. The van der Waals surface area contributed by atoms with Crippen LogP contribution in [0.15, 0.2) is 18.3 Å². The van der Waals surface area contributed by atoms with Crippen LogP contribution in [0.3, 0.4) is 0 Å². The van der Waals surface area contributed by atoms with Crippen molar-refractivity contribution in [3.63, 3.8) is 0 Å². The lowest BCUT2D eigenvalue weighted by atomic mass is 10.0. The van der Waals surface area contributed by atoms with Crippen LogP contribution in [0.25, 0.3) is 0 Å². The van der Waals surface area contributed by atoms with E-state index in [0.29, 0.717) is 12.1 Å². The van der Waals surface area contributed by atoms with E-state index in [0.717, 1.165) is 12.3 Å². The van der Waals surface area contributed by atoms with Crippen LogP contribution in [0.1, 0.15) is 59.4 Å². The van der Waals surface area contributed by atoms with Crippen molar-refractivity contribution in [3.05, 3.63) is 29.6 Å². The van der Waals surface area contributed by atoms with E-state index in [1.165, 1.54) is 50.4 Å². The van der Waals surface area contributed by atoms with Crippen LogP contribution in [0.2, 0.25) is 0 Å². The Morgan fingerprint density at radius 3 is 2.65 bits per heavy atom. The zero-order chi connectivity index (χ0) is 14.4. The molecule has 1 heterocycles. The molecule has 5 nitrogen and oxygen atoms in total. The number of hydrogen-bond acceptors (Lipinski definition) is 3. The number of nitrogens with zero attached hydrogens (tertiary/aromatic N) is 1. The molecule has 0 saturated heterocycles. The Bertz CT molecular complexity index is 465. The van der Waals surface area contributed by atoms with Gasteiger partial charge in [-0.3, -0.25) is 4.79 Å². The summed E-state index contributed by atoms with van der Waals surface area (Å²) >= 11 is 0. The van der Waals surface area contributed by atoms with Crippen molar-refractivity contribution < 1.29 is 14.7 Å². The van der Waals surface area contributed by atoms with Crippen molar-refractivity contribution in [1.29, 1.82) is 0 Å². The number of aromatic carboxylic acids is 1. The Labute approximate surface area is 118 Å². The molecule has 20 heavy (non-hydrogen) atoms. The smallest absolute Gasteiger partial charge is 0.354 e. The lowest BCUT2D eigenvalue weighted by Gasteiger charge is -2.09. The van der Waals surface area contributed by atoms with Crippen molar-refractivity contribution in [2.45, 2.75) is 38.5 Å². The Kier molecular flexibility index (Phi) is 5.09. The van der Waals surface area contributed by atoms with Crippen molar-refractivity contribution in [2.24, 2.45) is 5.92 Å². The minimum atomic E-state index is -1.09. The van der Waals surface area contributed by atoms with Gasteiger partial charge >= 0.3 is 5.97 Å². The first-order chi connectivity index (χ1) is 9.66. The molecule has 0 aliphatic heterocycles. The summed E-state index contributed by atoms with van der Waals surface area (Å²) in [7, 11) is 0. The van der Waals surface area contributed by atoms with Gasteiger partial charge in [0.25, 0.3) is 5.91 Å². The van der Waals surface area contributed by atoms with Crippen molar-refractivity contribution in [2.75, 3.05) is 6.54 Å². The maximum absolute atomic E-state index is 11.8. The van der Waals surface area contributed by atoms with Gasteiger partial charge in [0.15, 0.2) is 0 Å². The van der Waals surface area contributed by atoms with E-state index in [1.807, 2.05) is 0 Å². The Morgan fingerprint density at radius 1 is 1.30 bits per heavy atom. The molecule has 0 unspecified atom stereocenters. The maximum atomic E-state index is 11.8. The highest BCUT2D eigenvalue weighted by atomic mass is 16.4. The van der Waals surface area contributed by atoms with Gasteiger partial charge in [0, 0.05) is 12.7 Å². The Hall–Kier alpha value is -1.91. The van der Waals surface area contributed by atoms with E-state index < -0.39 is 5.97 Å². The summed E-state index contributed by atoms with van der Waals surface area (Å²) in [5.41, 5.74) is 0.346. The molecule has 5 heteroatoms. The second-order valence-corrected chi connectivity index (χ2v) is 5.29. The number of pyridine rings is 1. The number of amides is 1. The lowest BCUT2D eigenvalue weighted by molar-refractivity contribution is 0.0689. The fraction of sp³-hybridized carbons (Fsp3) is 0.533. The molecule has 1 aromatic rings. The minimum Gasteiger partial charge on any atom is -0.477 e. The average molecular weight is 276 g/mol. The molecule has 1 fully saturated rings. The molecule has 1 saturated carbocycles. The van der Waals surface area contributed by atoms with E-state index in [9.17, 15) is 9.59 Å². The van der Waals surface area contributed by atoms with E-state index in [1.54, 1.807) is 0 Å². The SMILES string of the molecule is O=C(NCCCC1CCCC1)c1ccc(C(=O)O)nc1. The first-order valence-corrected chi connectivity index (χ1v) is 7.14. The van der Waals surface area contributed by atoms with E-state index in [2.05, 4.69) is 10.3 Å². The molecule has 0 aromatic carbocycles. The molecule has 0 radical (unpaired) electrons. The summed E-state index contributed by atoms with van der Waals surface area (Å²) in [5.74, 6) is -0.446. The number of nitrogens with one attached hydrogen (secondary N) is 1. The highest BCUT2D eigenvalue weighted by molar-refractivity contribution is 5.94. The molecule has 2 N–H and O–H groups in total. The largest absolute Gasteiger partial charge is 0.477 e. The number of carboxylic acid groups (broad SMARTS) is 1. The van der Waals surface area contributed by atoms with Crippen molar-refractivity contribution in [1.82, 2.24) is 10.3 Å². The number of carbonyl (C=O) groups excluding carboxylic acids is 1. The van der Waals surface area contributed by atoms with E-state index in [4.69, 9.17) is 5.11 Å². The second kappa shape index (κ2) is 7.03. The van der Waals surface area contributed by atoms with Gasteiger partial charge in [0.1, 0.15) is 5.69 Å². The zero-order valence-corrected chi connectivity index (χ0v) is 11.5.